The number of aromatic nitrogens is 5. The lowest BCUT2D eigenvalue weighted by atomic mass is 9.85. The van der Waals surface area contributed by atoms with Gasteiger partial charge in [-0.3, -0.25) is 9.59 Å². The molecular weight excluding hydrogens is 338 g/mol. The number of H-pyrrole nitrogens is 1. The van der Waals surface area contributed by atoms with Crippen LogP contribution in [0.4, 0.5) is 0 Å². The minimum absolute atomic E-state index is 0.0402. The van der Waals surface area contributed by atoms with Crippen molar-refractivity contribution in [1.29, 1.82) is 0 Å². The van der Waals surface area contributed by atoms with Gasteiger partial charge in [-0.15, -0.1) is 10.2 Å². The molecule has 2 aromatic heterocycles. The number of nitrogens with one attached hydrogen (secondary N) is 1. The lowest BCUT2D eigenvalue weighted by Crippen LogP contribution is -2.47. The molecule has 4 heterocycles. The van der Waals surface area contributed by atoms with Gasteiger partial charge in [-0.2, -0.15) is 5.21 Å². The zero-order valence-corrected chi connectivity index (χ0v) is 14.5. The molecule has 2 amide bonds. The maximum Gasteiger partial charge on any atom is 0.270 e. The quantitative estimate of drug-likeness (QED) is 0.773. The van der Waals surface area contributed by atoms with E-state index in [1.54, 1.807) is 16.8 Å². The highest BCUT2D eigenvalue weighted by molar-refractivity contribution is 5.94. The predicted molar refractivity (Wildman–Crippen MR) is 89.7 cm³/mol. The van der Waals surface area contributed by atoms with E-state index >= 15 is 0 Å². The number of ether oxygens (including phenoxy) is 1. The van der Waals surface area contributed by atoms with Crippen LogP contribution in [0.15, 0.2) is 12.3 Å². The van der Waals surface area contributed by atoms with E-state index in [0.29, 0.717) is 50.5 Å². The van der Waals surface area contributed by atoms with E-state index in [4.69, 9.17) is 10.5 Å². The molecule has 0 aromatic carbocycles. The molecule has 2 aliphatic rings. The maximum absolute atomic E-state index is 12.9. The summed E-state index contributed by atoms with van der Waals surface area (Å²) in [4.78, 5) is 26.1. The Labute approximate surface area is 149 Å². The van der Waals surface area contributed by atoms with Gasteiger partial charge in [0.15, 0.2) is 0 Å². The number of tetrazole rings is 1. The Bertz CT molecular complexity index is 821. The first-order valence-electron chi connectivity index (χ1n) is 8.60. The molecule has 0 radical (unpaired) electrons. The normalized spacial score (nSPS) is 22.0. The Morgan fingerprint density at radius 2 is 2.15 bits per heavy atom. The van der Waals surface area contributed by atoms with Gasteiger partial charge in [0.25, 0.3) is 5.91 Å². The number of nitrogens with two attached hydrogens (primary N) is 1. The molecule has 0 bridgehead atoms. The molecule has 2 fully saturated rings. The van der Waals surface area contributed by atoms with E-state index in [2.05, 4.69) is 20.6 Å². The van der Waals surface area contributed by atoms with Gasteiger partial charge in [0.1, 0.15) is 5.69 Å². The van der Waals surface area contributed by atoms with Crippen molar-refractivity contribution in [2.24, 2.45) is 18.7 Å². The summed E-state index contributed by atoms with van der Waals surface area (Å²) in [6, 6.07) is 1.77. The fraction of sp³-hybridized carbons (Fsp3) is 0.562. The van der Waals surface area contributed by atoms with E-state index in [9.17, 15) is 9.59 Å². The second-order valence-electron chi connectivity index (χ2n) is 7.05. The number of nitrogens with zero attached hydrogens (tertiary/aromatic N) is 5. The summed E-state index contributed by atoms with van der Waals surface area (Å²) < 4.78 is 7.67. The number of primary amides is 1. The first-order chi connectivity index (χ1) is 12.5. The van der Waals surface area contributed by atoms with E-state index in [-0.39, 0.29) is 23.3 Å². The molecule has 3 N–H and O–H groups in total. The van der Waals surface area contributed by atoms with Crippen LogP contribution in [0.25, 0.3) is 11.4 Å². The zero-order valence-electron chi connectivity index (χ0n) is 14.5. The van der Waals surface area contributed by atoms with Crippen molar-refractivity contribution < 1.29 is 14.3 Å². The summed E-state index contributed by atoms with van der Waals surface area (Å²) in [5.41, 5.74) is 6.39. The lowest BCUT2D eigenvalue weighted by molar-refractivity contribution is -0.121. The van der Waals surface area contributed by atoms with Crippen molar-refractivity contribution in [2.45, 2.75) is 24.9 Å². The molecule has 2 saturated heterocycles. The van der Waals surface area contributed by atoms with Gasteiger partial charge in [-0.1, -0.05) is 0 Å². The number of rotatable bonds is 3. The van der Waals surface area contributed by atoms with Crippen molar-refractivity contribution in [3.8, 4) is 11.4 Å². The highest BCUT2D eigenvalue weighted by atomic mass is 16.5. The van der Waals surface area contributed by atoms with Gasteiger partial charge in [-0.05, 0) is 30.5 Å². The van der Waals surface area contributed by atoms with Gasteiger partial charge in [-0.25, -0.2) is 0 Å². The summed E-state index contributed by atoms with van der Waals surface area (Å²) in [5.74, 6) is -0.114. The predicted octanol–water partition coefficient (Wildman–Crippen LogP) is -0.298. The van der Waals surface area contributed by atoms with Crippen LogP contribution in [0.5, 0.6) is 0 Å². The molecular formula is C16H21N7O3. The molecule has 1 unspecified atom stereocenters. The number of aromatic amines is 1. The monoisotopic (exact) mass is 359 g/mol. The molecule has 138 valence electrons. The highest BCUT2D eigenvalue weighted by Gasteiger charge is 2.45. The summed E-state index contributed by atoms with van der Waals surface area (Å²) in [5, 5.41) is 13.8. The van der Waals surface area contributed by atoms with Crippen molar-refractivity contribution in [2.75, 3.05) is 19.7 Å². The fourth-order valence-electron chi connectivity index (χ4n) is 3.84. The fourth-order valence-corrected chi connectivity index (χ4v) is 3.84. The summed E-state index contributed by atoms with van der Waals surface area (Å²) >= 11 is 0. The number of hydrogen-bond acceptors (Lipinski definition) is 6. The Morgan fingerprint density at radius 1 is 1.38 bits per heavy atom. The molecule has 0 saturated carbocycles. The summed E-state index contributed by atoms with van der Waals surface area (Å²) in [6.07, 6.45) is 3.88. The molecule has 26 heavy (non-hydrogen) atoms. The summed E-state index contributed by atoms with van der Waals surface area (Å²) in [6.45, 7) is 1.56. The third-order valence-electron chi connectivity index (χ3n) is 5.40. The van der Waals surface area contributed by atoms with Crippen molar-refractivity contribution in [1.82, 2.24) is 30.1 Å². The topological polar surface area (TPSA) is 132 Å². The number of amides is 2. The van der Waals surface area contributed by atoms with E-state index in [0.717, 1.165) is 5.56 Å². The zero-order chi connectivity index (χ0) is 18.3. The van der Waals surface area contributed by atoms with Crippen LogP contribution < -0.4 is 5.73 Å². The van der Waals surface area contributed by atoms with Crippen LogP contribution in [-0.2, 0) is 16.6 Å². The molecule has 1 atom stereocenters. The Balaban J connectivity index is 1.44. The Morgan fingerprint density at radius 3 is 2.77 bits per heavy atom. The molecule has 2 aromatic rings. The average molecular weight is 359 g/mol. The van der Waals surface area contributed by atoms with Crippen LogP contribution in [0, 0.1) is 5.92 Å². The van der Waals surface area contributed by atoms with E-state index in [1.165, 1.54) is 0 Å². The van der Waals surface area contributed by atoms with Gasteiger partial charge in [0, 0.05) is 31.9 Å². The van der Waals surface area contributed by atoms with Crippen LogP contribution in [-0.4, -0.2) is 67.2 Å². The standard InChI is InChI=1S/C16H21N7O3/c1-22-8-10(14-18-20-21-19-14)6-12(22)15(25)23-4-2-16(3-5-23)7-11(9-26-16)13(17)24/h6,8,11H,2-5,7,9H2,1H3,(H2,17,24)(H,18,19,20,21). The van der Waals surface area contributed by atoms with Crippen LogP contribution in [0.1, 0.15) is 29.8 Å². The molecule has 10 heteroatoms. The van der Waals surface area contributed by atoms with Gasteiger partial charge in [0.05, 0.1) is 18.1 Å². The van der Waals surface area contributed by atoms with Gasteiger partial charge >= 0.3 is 0 Å². The van der Waals surface area contributed by atoms with Crippen molar-refractivity contribution in [3.05, 3.63) is 18.0 Å². The summed E-state index contributed by atoms with van der Waals surface area (Å²) in [7, 11) is 1.82. The Kier molecular flexibility index (Phi) is 3.98. The minimum Gasteiger partial charge on any atom is -0.374 e. The number of likely N-dealkylation sites (tertiary alicyclic amines) is 1. The van der Waals surface area contributed by atoms with Crippen LogP contribution in [0.3, 0.4) is 0 Å². The third kappa shape index (κ3) is 2.85. The second kappa shape index (κ2) is 6.20. The molecule has 2 aliphatic heterocycles. The first kappa shape index (κ1) is 16.7. The first-order valence-corrected chi connectivity index (χ1v) is 8.60. The highest BCUT2D eigenvalue weighted by Crippen LogP contribution is 2.38. The SMILES string of the molecule is Cn1cc(-c2nn[nH]n2)cc1C(=O)N1CCC2(CC1)CC(C(N)=O)CO2. The number of piperidine rings is 1. The Hall–Kier alpha value is -2.75. The third-order valence-corrected chi connectivity index (χ3v) is 5.40. The minimum atomic E-state index is -0.319. The molecule has 10 nitrogen and oxygen atoms in total. The van der Waals surface area contributed by atoms with Crippen molar-refractivity contribution in [3.63, 3.8) is 0 Å². The molecule has 4 rings (SSSR count). The van der Waals surface area contributed by atoms with Gasteiger partial charge in [0.2, 0.25) is 11.7 Å². The maximum atomic E-state index is 12.9. The van der Waals surface area contributed by atoms with E-state index in [1.807, 2.05) is 11.9 Å². The number of hydrogen-bond donors (Lipinski definition) is 2. The second-order valence-corrected chi connectivity index (χ2v) is 7.05. The number of carbonyl (C=O) groups is 2. The molecule has 0 aliphatic carbocycles. The number of carbonyl (C=O) groups excluding carboxylic acids is 2. The van der Waals surface area contributed by atoms with Gasteiger partial charge < -0.3 is 19.9 Å². The largest absolute Gasteiger partial charge is 0.374 e. The molecule has 1 spiro atoms. The smallest absolute Gasteiger partial charge is 0.270 e. The van der Waals surface area contributed by atoms with E-state index < -0.39 is 0 Å². The number of aryl methyl sites for hydroxylation is 1. The van der Waals surface area contributed by atoms with Crippen LogP contribution in [0.2, 0.25) is 0 Å². The lowest BCUT2D eigenvalue weighted by Gasteiger charge is -2.38. The average Bonchev–Trinajstić information content (AvgIpc) is 3.35. The van der Waals surface area contributed by atoms with Crippen LogP contribution >= 0.6 is 0 Å². The van der Waals surface area contributed by atoms with Crippen molar-refractivity contribution >= 4 is 11.8 Å².